The number of nitrogens with zero attached hydrogens (tertiary/aromatic N) is 3. The van der Waals surface area contributed by atoms with Crippen LogP contribution in [0.25, 0.3) is 5.69 Å². The summed E-state index contributed by atoms with van der Waals surface area (Å²) in [5, 5.41) is 17.6. The molecule has 7 nitrogen and oxygen atoms in total. The van der Waals surface area contributed by atoms with Gasteiger partial charge in [0.1, 0.15) is 11.5 Å². The normalized spacial score (nSPS) is 10.6. The van der Waals surface area contributed by atoms with Crippen LogP contribution < -0.4 is 5.32 Å². The first kappa shape index (κ1) is 17.3. The SMILES string of the molecule is Cc1ccc([N+](=O)[O-])cc1NC(=O)c1cnn(-c2ccccc2F)c1C. The number of anilines is 1. The standard InChI is InChI=1S/C18H15FN4O3/c1-11-7-8-13(23(25)26)9-16(11)21-18(24)14-10-20-22(12(14)2)17-6-4-3-5-15(17)19/h3-10H,1-2H3,(H,21,24). The molecule has 0 saturated heterocycles. The van der Waals surface area contributed by atoms with Gasteiger partial charge in [-0.3, -0.25) is 14.9 Å². The summed E-state index contributed by atoms with van der Waals surface area (Å²) in [7, 11) is 0. The van der Waals surface area contributed by atoms with Crippen LogP contribution in [-0.2, 0) is 0 Å². The fourth-order valence-electron chi connectivity index (χ4n) is 2.55. The minimum Gasteiger partial charge on any atom is -0.321 e. The second kappa shape index (κ2) is 6.75. The molecule has 1 aromatic heterocycles. The smallest absolute Gasteiger partial charge is 0.271 e. The van der Waals surface area contributed by atoms with Crippen LogP contribution in [0.2, 0.25) is 0 Å². The predicted octanol–water partition coefficient (Wildman–Crippen LogP) is 3.79. The highest BCUT2D eigenvalue weighted by atomic mass is 19.1. The summed E-state index contributed by atoms with van der Waals surface area (Å²) in [5.74, 6) is -0.936. The van der Waals surface area contributed by atoms with Crippen molar-refractivity contribution in [3.05, 3.63) is 81.4 Å². The van der Waals surface area contributed by atoms with Crippen molar-refractivity contribution in [2.45, 2.75) is 13.8 Å². The van der Waals surface area contributed by atoms with E-state index >= 15 is 0 Å². The zero-order valence-corrected chi connectivity index (χ0v) is 14.1. The van der Waals surface area contributed by atoms with Crippen molar-refractivity contribution < 1.29 is 14.1 Å². The first-order valence-corrected chi connectivity index (χ1v) is 7.74. The highest BCUT2D eigenvalue weighted by Crippen LogP contribution is 2.23. The van der Waals surface area contributed by atoms with Gasteiger partial charge in [0.2, 0.25) is 0 Å². The van der Waals surface area contributed by atoms with Gasteiger partial charge in [-0.1, -0.05) is 18.2 Å². The van der Waals surface area contributed by atoms with Gasteiger partial charge in [-0.25, -0.2) is 9.07 Å². The van der Waals surface area contributed by atoms with Crippen LogP contribution in [-0.4, -0.2) is 20.6 Å². The van der Waals surface area contributed by atoms with Crippen molar-refractivity contribution in [1.82, 2.24) is 9.78 Å². The molecular formula is C18H15FN4O3. The number of hydrogen-bond donors (Lipinski definition) is 1. The molecule has 0 spiro atoms. The Hall–Kier alpha value is -3.55. The number of hydrogen-bond acceptors (Lipinski definition) is 4. The van der Waals surface area contributed by atoms with E-state index in [0.29, 0.717) is 16.9 Å². The Morgan fingerprint density at radius 2 is 1.96 bits per heavy atom. The molecule has 8 heteroatoms. The first-order valence-electron chi connectivity index (χ1n) is 7.74. The third-order valence-corrected chi connectivity index (χ3v) is 4.02. The maximum Gasteiger partial charge on any atom is 0.271 e. The largest absolute Gasteiger partial charge is 0.321 e. The number of nitro benzene ring substituents is 1. The molecule has 0 aliphatic rings. The fourth-order valence-corrected chi connectivity index (χ4v) is 2.55. The zero-order valence-electron chi connectivity index (χ0n) is 14.1. The second-order valence-electron chi connectivity index (χ2n) is 5.72. The molecule has 1 heterocycles. The molecule has 2 aromatic carbocycles. The molecule has 3 rings (SSSR count). The molecular weight excluding hydrogens is 339 g/mol. The average molecular weight is 354 g/mol. The van der Waals surface area contributed by atoms with Gasteiger partial charge < -0.3 is 5.32 Å². The lowest BCUT2D eigenvalue weighted by Crippen LogP contribution is -2.14. The Morgan fingerprint density at radius 3 is 2.65 bits per heavy atom. The highest BCUT2D eigenvalue weighted by Gasteiger charge is 2.18. The van der Waals surface area contributed by atoms with E-state index in [9.17, 15) is 19.3 Å². The maximum atomic E-state index is 14.0. The van der Waals surface area contributed by atoms with E-state index in [1.165, 1.54) is 29.1 Å². The van der Waals surface area contributed by atoms with Gasteiger partial charge in [0.15, 0.2) is 0 Å². The summed E-state index contributed by atoms with van der Waals surface area (Å²) in [6.45, 7) is 3.38. The Balaban J connectivity index is 1.92. The molecule has 26 heavy (non-hydrogen) atoms. The van der Waals surface area contributed by atoms with Gasteiger partial charge in [-0.15, -0.1) is 0 Å². The van der Waals surface area contributed by atoms with Gasteiger partial charge in [0.25, 0.3) is 11.6 Å². The van der Waals surface area contributed by atoms with Crippen molar-refractivity contribution in [3.63, 3.8) is 0 Å². The van der Waals surface area contributed by atoms with Crippen LogP contribution in [0.3, 0.4) is 0 Å². The number of amides is 1. The van der Waals surface area contributed by atoms with Crippen LogP contribution >= 0.6 is 0 Å². The van der Waals surface area contributed by atoms with Crippen molar-refractivity contribution in [2.24, 2.45) is 0 Å². The number of aryl methyl sites for hydroxylation is 1. The van der Waals surface area contributed by atoms with E-state index in [1.807, 2.05) is 0 Å². The van der Waals surface area contributed by atoms with Crippen LogP contribution in [0.4, 0.5) is 15.8 Å². The molecule has 0 unspecified atom stereocenters. The van der Waals surface area contributed by atoms with E-state index < -0.39 is 16.6 Å². The lowest BCUT2D eigenvalue weighted by Gasteiger charge is -2.09. The number of aromatic nitrogens is 2. The van der Waals surface area contributed by atoms with Crippen LogP contribution in [0, 0.1) is 29.8 Å². The minimum atomic E-state index is -0.531. The highest BCUT2D eigenvalue weighted by molar-refractivity contribution is 6.05. The number of carbonyl (C=O) groups excluding carboxylic acids is 1. The Kier molecular flexibility index (Phi) is 4.49. The van der Waals surface area contributed by atoms with E-state index in [1.54, 1.807) is 38.1 Å². The van der Waals surface area contributed by atoms with Gasteiger partial charge in [-0.05, 0) is 31.5 Å². The van der Waals surface area contributed by atoms with Crippen molar-refractivity contribution in [1.29, 1.82) is 0 Å². The molecule has 3 aromatic rings. The molecule has 1 N–H and O–H groups in total. The van der Waals surface area contributed by atoms with Crippen LogP contribution in [0.1, 0.15) is 21.6 Å². The third-order valence-electron chi connectivity index (χ3n) is 4.02. The summed E-state index contributed by atoms with van der Waals surface area (Å²) in [6, 6.07) is 10.3. The number of benzene rings is 2. The summed E-state index contributed by atoms with van der Waals surface area (Å²) >= 11 is 0. The molecule has 0 radical (unpaired) electrons. The number of nitrogens with one attached hydrogen (secondary N) is 1. The molecule has 0 atom stereocenters. The molecule has 0 fully saturated rings. The molecule has 1 amide bonds. The summed E-state index contributed by atoms with van der Waals surface area (Å²) in [5.41, 5.74) is 1.83. The third kappa shape index (κ3) is 3.16. The summed E-state index contributed by atoms with van der Waals surface area (Å²) in [6.07, 6.45) is 1.34. The Labute approximate surface area is 148 Å². The number of nitro groups is 1. The predicted molar refractivity (Wildman–Crippen MR) is 94.0 cm³/mol. The molecule has 0 saturated carbocycles. The second-order valence-corrected chi connectivity index (χ2v) is 5.72. The molecule has 0 aliphatic carbocycles. The number of non-ortho nitro benzene ring substituents is 1. The topological polar surface area (TPSA) is 90.1 Å². The number of rotatable bonds is 4. The average Bonchev–Trinajstić information content (AvgIpc) is 2.98. The Morgan fingerprint density at radius 1 is 1.23 bits per heavy atom. The fraction of sp³-hybridized carbons (Fsp3) is 0.111. The van der Waals surface area contributed by atoms with Gasteiger partial charge >= 0.3 is 0 Å². The number of carbonyl (C=O) groups is 1. The summed E-state index contributed by atoms with van der Waals surface area (Å²) in [4.78, 5) is 22.9. The Bertz CT molecular complexity index is 1010. The molecule has 132 valence electrons. The van der Waals surface area contributed by atoms with E-state index in [2.05, 4.69) is 10.4 Å². The maximum absolute atomic E-state index is 14.0. The number of halogens is 1. The zero-order chi connectivity index (χ0) is 18.8. The van der Waals surface area contributed by atoms with E-state index in [4.69, 9.17) is 0 Å². The molecule has 0 aliphatic heterocycles. The first-order chi connectivity index (χ1) is 12.4. The van der Waals surface area contributed by atoms with Crippen molar-refractivity contribution in [2.75, 3.05) is 5.32 Å². The number of para-hydroxylation sites is 1. The van der Waals surface area contributed by atoms with Crippen LogP contribution in [0.15, 0.2) is 48.7 Å². The van der Waals surface area contributed by atoms with Crippen molar-refractivity contribution >= 4 is 17.3 Å². The molecule has 0 bridgehead atoms. The monoisotopic (exact) mass is 354 g/mol. The van der Waals surface area contributed by atoms with E-state index in [0.717, 1.165) is 0 Å². The quantitative estimate of drug-likeness (QED) is 0.570. The lowest BCUT2D eigenvalue weighted by atomic mass is 10.1. The van der Waals surface area contributed by atoms with Crippen LogP contribution in [0.5, 0.6) is 0 Å². The summed E-state index contributed by atoms with van der Waals surface area (Å²) < 4.78 is 15.3. The lowest BCUT2D eigenvalue weighted by molar-refractivity contribution is -0.384. The minimum absolute atomic E-state index is 0.121. The van der Waals surface area contributed by atoms with Gasteiger partial charge in [0.05, 0.1) is 28.1 Å². The van der Waals surface area contributed by atoms with Gasteiger partial charge in [0, 0.05) is 12.1 Å². The van der Waals surface area contributed by atoms with Crippen molar-refractivity contribution in [3.8, 4) is 5.69 Å². The van der Waals surface area contributed by atoms with E-state index in [-0.39, 0.29) is 16.9 Å². The van der Waals surface area contributed by atoms with Gasteiger partial charge in [-0.2, -0.15) is 5.10 Å².